The molecule has 0 saturated carbocycles. The number of carbonyl (C=O) groups is 1. The topological polar surface area (TPSA) is 39.4 Å². The van der Waals surface area contributed by atoms with Crippen molar-refractivity contribution in [1.82, 2.24) is 0 Å². The molecule has 2 aromatic rings. The maximum atomic E-state index is 11.8. The van der Waals surface area contributed by atoms with Gasteiger partial charge in [0.25, 0.3) is 0 Å². The molecule has 2 rings (SSSR count). The summed E-state index contributed by atoms with van der Waals surface area (Å²) in [6, 6.07) is 7.64. The van der Waals surface area contributed by atoms with Gasteiger partial charge in [-0.05, 0) is 25.0 Å². The van der Waals surface area contributed by atoms with Crippen LogP contribution in [0.4, 0.5) is 0 Å². The normalized spacial score (nSPS) is 10.9. The number of carbonyl (C=O) groups excluding carboxylic acids is 1. The van der Waals surface area contributed by atoms with Crippen LogP contribution in [0.25, 0.3) is 11.0 Å². The van der Waals surface area contributed by atoms with E-state index in [1.807, 2.05) is 32.0 Å². The average Bonchev–Trinajstić information content (AvgIpc) is 2.75. The third-order valence-corrected chi connectivity index (χ3v) is 2.60. The molecule has 90 valence electrons. The van der Waals surface area contributed by atoms with E-state index in [2.05, 4.69) is 0 Å². The fourth-order valence-electron chi connectivity index (χ4n) is 1.73. The Morgan fingerprint density at radius 1 is 1.41 bits per heavy atom. The number of ketones is 1. The van der Waals surface area contributed by atoms with Crippen LogP contribution in [-0.2, 0) is 4.74 Å². The second-order valence-corrected chi connectivity index (χ2v) is 4.08. The van der Waals surface area contributed by atoms with Gasteiger partial charge in [0.15, 0.2) is 5.76 Å². The fraction of sp³-hybridized carbons (Fsp3) is 0.357. The molecular weight excluding hydrogens is 216 g/mol. The lowest BCUT2D eigenvalue weighted by molar-refractivity contribution is 0.0736. The van der Waals surface area contributed by atoms with Crippen LogP contribution in [0.3, 0.4) is 0 Å². The van der Waals surface area contributed by atoms with Crippen molar-refractivity contribution in [3.8, 4) is 0 Å². The second-order valence-electron chi connectivity index (χ2n) is 4.08. The molecule has 0 aliphatic carbocycles. The van der Waals surface area contributed by atoms with Gasteiger partial charge in [0.05, 0.1) is 0 Å². The van der Waals surface area contributed by atoms with Gasteiger partial charge in [-0.2, -0.15) is 0 Å². The number of furan rings is 1. The number of para-hydroxylation sites is 1. The van der Waals surface area contributed by atoms with Gasteiger partial charge in [-0.1, -0.05) is 25.1 Å². The van der Waals surface area contributed by atoms with E-state index in [-0.39, 0.29) is 12.4 Å². The molecule has 0 N–H and O–H groups in total. The minimum atomic E-state index is -0.103. The van der Waals surface area contributed by atoms with Crippen LogP contribution in [-0.4, -0.2) is 19.0 Å². The Morgan fingerprint density at radius 2 is 2.24 bits per heavy atom. The number of hydrogen-bond donors (Lipinski definition) is 0. The highest BCUT2D eigenvalue weighted by Crippen LogP contribution is 2.22. The van der Waals surface area contributed by atoms with Crippen molar-refractivity contribution in [3.63, 3.8) is 0 Å². The van der Waals surface area contributed by atoms with E-state index in [1.165, 1.54) is 0 Å². The number of aryl methyl sites for hydroxylation is 1. The number of ether oxygens (including phenoxy) is 1. The second kappa shape index (κ2) is 5.15. The maximum absolute atomic E-state index is 11.8. The summed E-state index contributed by atoms with van der Waals surface area (Å²) in [5.41, 5.74) is 1.82. The van der Waals surface area contributed by atoms with Crippen molar-refractivity contribution in [1.29, 1.82) is 0 Å². The standard InChI is InChI=1S/C14H16O3/c1-3-7-16-9-12(15)13-8-11-6-4-5-10(2)14(11)17-13/h4-6,8H,3,7,9H2,1-2H3. The van der Waals surface area contributed by atoms with Crippen LogP contribution in [0.5, 0.6) is 0 Å². The smallest absolute Gasteiger partial charge is 0.223 e. The molecule has 0 unspecified atom stereocenters. The molecule has 1 heterocycles. The van der Waals surface area contributed by atoms with Crippen molar-refractivity contribution in [2.24, 2.45) is 0 Å². The van der Waals surface area contributed by atoms with E-state index >= 15 is 0 Å². The highest BCUT2D eigenvalue weighted by molar-refractivity contribution is 5.98. The summed E-state index contributed by atoms with van der Waals surface area (Å²) in [5, 5.41) is 0.962. The van der Waals surface area contributed by atoms with Crippen LogP contribution in [0.1, 0.15) is 29.5 Å². The third kappa shape index (κ3) is 2.56. The van der Waals surface area contributed by atoms with Crippen molar-refractivity contribution >= 4 is 16.8 Å². The van der Waals surface area contributed by atoms with E-state index in [1.54, 1.807) is 6.07 Å². The van der Waals surface area contributed by atoms with Gasteiger partial charge in [-0.25, -0.2) is 0 Å². The molecule has 1 aromatic carbocycles. The Hall–Kier alpha value is -1.61. The Kier molecular flexibility index (Phi) is 3.59. The predicted molar refractivity (Wildman–Crippen MR) is 66.4 cm³/mol. The number of Topliss-reactive ketones (excluding diaryl/α,β-unsaturated/α-hetero) is 1. The van der Waals surface area contributed by atoms with Crippen LogP contribution in [0.2, 0.25) is 0 Å². The van der Waals surface area contributed by atoms with Gasteiger partial charge in [0.1, 0.15) is 12.2 Å². The molecule has 0 aliphatic rings. The first-order valence-corrected chi connectivity index (χ1v) is 5.82. The molecule has 0 radical (unpaired) electrons. The van der Waals surface area contributed by atoms with Gasteiger partial charge in [0.2, 0.25) is 5.78 Å². The number of fused-ring (bicyclic) bond motifs is 1. The van der Waals surface area contributed by atoms with E-state index < -0.39 is 0 Å². The average molecular weight is 232 g/mol. The van der Waals surface area contributed by atoms with E-state index in [0.717, 1.165) is 23.0 Å². The monoisotopic (exact) mass is 232 g/mol. The van der Waals surface area contributed by atoms with Crippen LogP contribution < -0.4 is 0 Å². The largest absolute Gasteiger partial charge is 0.453 e. The van der Waals surface area contributed by atoms with Crippen LogP contribution >= 0.6 is 0 Å². The summed E-state index contributed by atoms with van der Waals surface area (Å²) in [7, 11) is 0. The van der Waals surface area contributed by atoms with Crippen molar-refractivity contribution in [2.75, 3.05) is 13.2 Å². The lowest BCUT2D eigenvalue weighted by Crippen LogP contribution is -2.08. The first kappa shape index (κ1) is 11.9. The van der Waals surface area contributed by atoms with Crippen LogP contribution in [0.15, 0.2) is 28.7 Å². The van der Waals surface area contributed by atoms with Gasteiger partial charge in [-0.15, -0.1) is 0 Å². The maximum Gasteiger partial charge on any atom is 0.223 e. The molecule has 1 aromatic heterocycles. The molecule has 0 saturated heterocycles. The van der Waals surface area contributed by atoms with Gasteiger partial charge >= 0.3 is 0 Å². The lowest BCUT2D eigenvalue weighted by atomic mass is 10.2. The molecule has 0 spiro atoms. The summed E-state index contributed by atoms with van der Waals surface area (Å²) in [5.74, 6) is 0.277. The Balaban J connectivity index is 2.19. The highest BCUT2D eigenvalue weighted by Gasteiger charge is 2.13. The SMILES string of the molecule is CCCOCC(=O)c1cc2cccc(C)c2o1. The number of benzene rings is 1. The molecule has 17 heavy (non-hydrogen) atoms. The predicted octanol–water partition coefficient (Wildman–Crippen LogP) is 3.35. The fourth-order valence-corrected chi connectivity index (χ4v) is 1.73. The van der Waals surface area contributed by atoms with Crippen molar-refractivity contribution in [3.05, 3.63) is 35.6 Å². The van der Waals surface area contributed by atoms with Gasteiger partial charge in [-0.3, -0.25) is 4.79 Å². The van der Waals surface area contributed by atoms with E-state index in [0.29, 0.717) is 12.4 Å². The van der Waals surface area contributed by atoms with Crippen molar-refractivity contribution < 1.29 is 13.9 Å². The molecule has 3 nitrogen and oxygen atoms in total. The van der Waals surface area contributed by atoms with E-state index in [4.69, 9.17) is 9.15 Å². The number of rotatable bonds is 5. The molecule has 3 heteroatoms. The zero-order chi connectivity index (χ0) is 12.3. The quantitative estimate of drug-likeness (QED) is 0.586. The molecule has 0 fully saturated rings. The Morgan fingerprint density at radius 3 is 2.94 bits per heavy atom. The van der Waals surface area contributed by atoms with Gasteiger partial charge < -0.3 is 9.15 Å². The third-order valence-electron chi connectivity index (χ3n) is 2.60. The summed E-state index contributed by atoms with van der Waals surface area (Å²) < 4.78 is 10.8. The molecule has 0 aliphatic heterocycles. The molecule has 0 bridgehead atoms. The molecular formula is C14H16O3. The molecule has 0 amide bonds. The molecule has 0 atom stereocenters. The summed E-state index contributed by atoms with van der Waals surface area (Å²) in [6.07, 6.45) is 0.909. The summed E-state index contributed by atoms with van der Waals surface area (Å²) in [4.78, 5) is 11.8. The zero-order valence-electron chi connectivity index (χ0n) is 10.2. The minimum absolute atomic E-state index is 0.0900. The Bertz CT molecular complexity index is 525. The first-order valence-electron chi connectivity index (χ1n) is 5.82. The first-order chi connectivity index (χ1) is 8.22. The Labute approximate surface area is 100 Å². The summed E-state index contributed by atoms with van der Waals surface area (Å²) >= 11 is 0. The van der Waals surface area contributed by atoms with Crippen molar-refractivity contribution in [2.45, 2.75) is 20.3 Å². The highest BCUT2D eigenvalue weighted by atomic mass is 16.5. The van der Waals surface area contributed by atoms with E-state index in [9.17, 15) is 4.79 Å². The lowest BCUT2D eigenvalue weighted by Gasteiger charge is -1.98. The summed E-state index contributed by atoms with van der Waals surface area (Å²) in [6.45, 7) is 4.67. The van der Waals surface area contributed by atoms with Gasteiger partial charge in [0, 0.05) is 12.0 Å². The minimum Gasteiger partial charge on any atom is -0.453 e. The zero-order valence-corrected chi connectivity index (χ0v) is 10.2. The number of hydrogen-bond acceptors (Lipinski definition) is 3. The van der Waals surface area contributed by atoms with Crippen LogP contribution in [0, 0.1) is 6.92 Å².